The second kappa shape index (κ2) is 9.25. The molecule has 0 bridgehead atoms. The quantitative estimate of drug-likeness (QED) is 0.395. The van der Waals surface area contributed by atoms with Crippen LogP contribution in [0.4, 0.5) is 16.3 Å². The van der Waals surface area contributed by atoms with Crippen LogP contribution in [0, 0.1) is 0 Å². The Morgan fingerprint density at radius 3 is 2.42 bits per heavy atom. The highest BCUT2D eigenvalue weighted by Crippen LogP contribution is 2.28. The van der Waals surface area contributed by atoms with Gasteiger partial charge in [0, 0.05) is 36.8 Å². The van der Waals surface area contributed by atoms with E-state index >= 15 is 0 Å². The molecule has 1 aliphatic rings. The average Bonchev–Trinajstić information content (AvgIpc) is 2.86. The summed E-state index contributed by atoms with van der Waals surface area (Å²) in [5.41, 5.74) is 2.41. The Morgan fingerprint density at radius 2 is 1.64 bits per heavy atom. The van der Waals surface area contributed by atoms with Crippen LogP contribution in [0.25, 0.3) is 22.0 Å². The number of piperazine rings is 1. The molecule has 5 rings (SSSR count). The molecule has 3 aromatic carbocycles. The van der Waals surface area contributed by atoms with Gasteiger partial charge >= 0.3 is 6.03 Å². The minimum atomic E-state index is -0.198. The molecule has 0 radical (unpaired) electrons. The maximum absolute atomic E-state index is 12.6. The molecule has 33 heavy (non-hydrogen) atoms. The number of aromatic nitrogens is 2. The Balaban J connectivity index is 1.24. The smallest absolute Gasteiger partial charge is 0.322 e. The van der Waals surface area contributed by atoms with Gasteiger partial charge in [0.05, 0.1) is 16.4 Å². The van der Waals surface area contributed by atoms with Gasteiger partial charge in [-0.1, -0.05) is 65.7 Å². The van der Waals surface area contributed by atoms with Crippen molar-refractivity contribution in [2.75, 3.05) is 36.4 Å². The Kier molecular flexibility index (Phi) is 6.03. The van der Waals surface area contributed by atoms with Gasteiger partial charge in [0.25, 0.3) is 0 Å². The Hall–Kier alpha value is -3.35. The van der Waals surface area contributed by atoms with Gasteiger partial charge in [0.2, 0.25) is 0 Å². The fraction of sp³-hybridized carbons (Fsp3) is 0.160. The first-order chi connectivity index (χ1) is 16.1. The Morgan fingerprint density at radius 1 is 0.848 bits per heavy atom. The van der Waals surface area contributed by atoms with Crippen LogP contribution >= 0.6 is 23.2 Å². The van der Waals surface area contributed by atoms with Gasteiger partial charge in [-0.25, -0.2) is 4.79 Å². The zero-order valence-electron chi connectivity index (χ0n) is 17.7. The number of carbonyl (C=O) groups is 1. The van der Waals surface area contributed by atoms with Crippen molar-refractivity contribution in [3.63, 3.8) is 0 Å². The number of amides is 2. The first kappa shape index (κ1) is 21.5. The maximum Gasteiger partial charge on any atom is 0.322 e. The highest BCUT2D eigenvalue weighted by Gasteiger charge is 2.23. The molecule has 2 amide bonds. The summed E-state index contributed by atoms with van der Waals surface area (Å²) in [4.78, 5) is 16.5. The number of carbonyl (C=O) groups excluding carboxylic acids is 1. The van der Waals surface area contributed by atoms with Crippen molar-refractivity contribution in [1.29, 1.82) is 0 Å². The van der Waals surface area contributed by atoms with E-state index in [9.17, 15) is 4.79 Å². The van der Waals surface area contributed by atoms with Gasteiger partial charge in [-0.2, -0.15) is 0 Å². The number of benzene rings is 3. The van der Waals surface area contributed by atoms with Crippen molar-refractivity contribution in [2.24, 2.45) is 0 Å². The van der Waals surface area contributed by atoms with Crippen LogP contribution in [-0.2, 0) is 0 Å². The summed E-state index contributed by atoms with van der Waals surface area (Å²) in [6, 6.07) is 23.2. The molecule has 0 atom stereocenters. The van der Waals surface area contributed by atoms with Crippen molar-refractivity contribution in [2.45, 2.75) is 0 Å². The first-order valence-electron chi connectivity index (χ1n) is 10.7. The van der Waals surface area contributed by atoms with Crippen LogP contribution in [0.3, 0.4) is 0 Å². The van der Waals surface area contributed by atoms with Crippen molar-refractivity contribution in [3.8, 4) is 11.3 Å². The summed E-state index contributed by atoms with van der Waals surface area (Å²) >= 11 is 12.2. The number of fused-ring (bicyclic) bond motifs is 1. The molecule has 6 nitrogen and oxygen atoms in total. The molecule has 0 spiro atoms. The van der Waals surface area contributed by atoms with Crippen LogP contribution < -0.4 is 10.2 Å². The predicted octanol–water partition coefficient (Wildman–Crippen LogP) is 5.96. The van der Waals surface area contributed by atoms with E-state index in [0.29, 0.717) is 41.9 Å². The standard InChI is InChI=1S/C25H21Cl2N5O/c26-18-8-9-21(27)23(16-18)28-25(33)32-14-12-31(13-15-32)24-11-10-22(29-30-24)20-7-3-5-17-4-1-2-6-19(17)20/h1-11,16H,12-15H2,(H,28,33). The summed E-state index contributed by atoms with van der Waals surface area (Å²) in [6.45, 7) is 2.46. The molecule has 0 aliphatic carbocycles. The number of rotatable bonds is 3. The van der Waals surface area contributed by atoms with Gasteiger partial charge in [-0.05, 0) is 41.1 Å². The molecule has 1 aliphatic heterocycles. The van der Waals surface area contributed by atoms with Crippen LogP contribution in [0.2, 0.25) is 10.0 Å². The molecular formula is C25H21Cl2N5O. The lowest BCUT2D eigenvalue weighted by molar-refractivity contribution is 0.208. The molecule has 1 fully saturated rings. The van der Waals surface area contributed by atoms with Crippen molar-refractivity contribution in [1.82, 2.24) is 15.1 Å². The molecule has 166 valence electrons. The van der Waals surface area contributed by atoms with Gasteiger partial charge in [0.15, 0.2) is 5.82 Å². The molecule has 8 heteroatoms. The number of halogens is 2. The minimum Gasteiger partial charge on any atom is -0.352 e. The summed E-state index contributed by atoms with van der Waals surface area (Å²) in [7, 11) is 0. The summed E-state index contributed by atoms with van der Waals surface area (Å²) < 4.78 is 0. The van der Waals surface area contributed by atoms with Gasteiger partial charge in [-0.15, -0.1) is 10.2 Å². The number of hydrogen-bond donors (Lipinski definition) is 1. The van der Waals surface area contributed by atoms with Crippen LogP contribution in [-0.4, -0.2) is 47.3 Å². The number of hydrogen-bond acceptors (Lipinski definition) is 4. The third kappa shape index (κ3) is 4.58. The molecule has 1 aromatic heterocycles. The molecular weight excluding hydrogens is 457 g/mol. The van der Waals surface area contributed by atoms with Crippen molar-refractivity contribution < 1.29 is 4.79 Å². The third-order valence-corrected chi connectivity index (χ3v) is 6.34. The van der Waals surface area contributed by atoms with Gasteiger partial charge < -0.3 is 15.1 Å². The fourth-order valence-electron chi connectivity index (χ4n) is 4.01. The lowest BCUT2D eigenvalue weighted by Crippen LogP contribution is -2.50. The molecule has 4 aromatic rings. The highest BCUT2D eigenvalue weighted by molar-refractivity contribution is 6.35. The summed E-state index contributed by atoms with van der Waals surface area (Å²) in [5.74, 6) is 0.803. The topological polar surface area (TPSA) is 61.4 Å². The normalized spacial score (nSPS) is 13.9. The summed E-state index contributed by atoms with van der Waals surface area (Å²) in [6.07, 6.45) is 0. The van der Waals surface area contributed by atoms with Crippen molar-refractivity contribution in [3.05, 3.63) is 82.8 Å². The molecule has 1 N–H and O–H groups in total. The van der Waals surface area contributed by atoms with Crippen LogP contribution in [0.1, 0.15) is 0 Å². The largest absolute Gasteiger partial charge is 0.352 e. The molecule has 2 heterocycles. The summed E-state index contributed by atoms with van der Waals surface area (Å²) in [5, 5.41) is 15.1. The number of urea groups is 1. The van der Waals surface area contributed by atoms with E-state index in [-0.39, 0.29) is 6.03 Å². The second-order valence-corrected chi connectivity index (χ2v) is 8.68. The van der Waals surface area contributed by atoms with Crippen molar-refractivity contribution >= 4 is 51.5 Å². The lowest BCUT2D eigenvalue weighted by atomic mass is 10.0. The fourth-order valence-corrected chi connectivity index (χ4v) is 4.35. The number of nitrogens with zero attached hydrogens (tertiary/aromatic N) is 4. The first-order valence-corrected chi connectivity index (χ1v) is 11.4. The maximum atomic E-state index is 12.6. The third-order valence-electron chi connectivity index (χ3n) is 5.78. The average molecular weight is 478 g/mol. The zero-order valence-corrected chi connectivity index (χ0v) is 19.2. The molecule has 0 unspecified atom stereocenters. The van der Waals surface area contributed by atoms with E-state index in [0.717, 1.165) is 22.5 Å². The van der Waals surface area contributed by atoms with Gasteiger partial charge in [-0.3, -0.25) is 0 Å². The number of nitrogens with one attached hydrogen (secondary N) is 1. The Labute approximate surface area is 201 Å². The van der Waals surface area contributed by atoms with E-state index in [2.05, 4.69) is 44.7 Å². The van der Waals surface area contributed by atoms with E-state index in [1.807, 2.05) is 30.3 Å². The monoisotopic (exact) mass is 477 g/mol. The van der Waals surface area contributed by atoms with E-state index in [4.69, 9.17) is 23.2 Å². The zero-order chi connectivity index (χ0) is 22.8. The Bertz CT molecular complexity index is 1300. The number of anilines is 2. The van der Waals surface area contributed by atoms with E-state index in [1.165, 1.54) is 5.39 Å². The molecule has 0 saturated carbocycles. The SMILES string of the molecule is O=C(Nc1cc(Cl)ccc1Cl)N1CCN(c2ccc(-c3cccc4ccccc34)nn2)CC1. The second-order valence-electron chi connectivity index (χ2n) is 7.83. The van der Waals surface area contributed by atoms with Crippen LogP contribution in [0.15, 0.2) is 72.8 Å². The lowest BCUT2D eigenvalue weighted by Gasteiger charge is -2.35. The molecule has 1 saturated heterocycles. The highest BCUT2D eigenvalue weighted by atomic mass is 35.5. The van der Waals surface area contributed by atoms with Crippen LogP contribution in [0.5, 0.6) is 0 Å². The predicted molar refractivity (Wildman–Crippen MR) is 134 cm³/mol. The van der Waals surface area contributed by atoms with E-state index in [1.54, 1.807) is 23.1 Å². The minimum absolute atomic E-state index is 0.198. The van der Waals surface area contributed by atoms with E-state index < -0.39 is 0 Å². The van der Waals surface area contributed by atoms with Gasteiger partial charge in [0.1, 0.15) is 0 Å².